The Hall–Kier alpha value is -2.73. The lowest BCUT2D eigenvalue weighted by atomic mass is 10.2. The summed E-state index contributed by atoms with van der Waals surface area (Å²) < 4.78 is 27.4. The summed E-state index contributed by atoms with van der Waals surface area (Å²) in [4.78, 5) is 25.9. The number of amides is 2. The molecule has 0 atom stereocenters. The summed E-state index contributed by atoms with van der Waals surface area (Å²) in [6.07, 6.45) is 1.31. The number of anilines is 3. The monoisotopic (exact) mass is 511 g/mol. The third-order valence-corrected chi connectivity index (χ3v) is 7.67. The Morgan fingerprint density at radius 2 is 1.84 bits per heavy atom. The number of aromatic nitrogens is 2. The van der Waals surface area contributed by atoms with E-state index in [2.05, 4.69) is 20.2 Å². The number of hydrogen-bond acceptors (Lipinski definition) is 7. The largest absolute Gasteiger partial charge is 0.312 e. The van der Waals surface area contributed by atoms with Crippen molar-refractivity contribution >= 4 is 72.9 Å². The van der Waals surface area contributed by atoms with Crippen LogP contribution in [0, 0.1) is 0 Å². The molecule has 0 radical (unpaired) electrons. The van der Waals surface area contributed by atoms with Gasteiger partial charge < -0.3 is 4.90 Å². The van der Waals surface area contributed by atoms with Crippen molar-refractivity contribution in [3.63, 3.8) is 0 Å². The van der Waals surface area contributed by atoms with Gasteiger partial charge in [0.15, 0.2) is 0 Å². The minimum atomic E-state index is -4.03. The van der Waals surface area contributed by atoms with E-state index in [1.54, 1.807) is 29.2 Å². The van der Waals surface area contributed by atoms with Gasteiger partial charge in [0.05, 0.1) is 10.6 Å². The lowest BCUT2D eigenvalue weighted by Crippen LogP contribution is -2.23. The Kier molecular flexibility index (Phi) is 6.33. The quantitative estimate of drug-likeness (QED) is 0.481. The molecule has 1 aromatic heterocycles. The highest BCUT2D eigenvalue weighted by molar-refractivity contribution is 7.94. The second-order valence-corrected chi connectivity index (χ2v) is 10.4. The van der Waals surface area contributed by atoms with Gasteiger partial charge in [-0.05, 0) is 48.9 Å². The molecule has 0 aliphatic carbocycles. The molecule has 0 unspecified atom stereocenters. The van der Waals surface area contributed by atoms with Crippen LogP contribution >= 0.6 is 34.5 Å². The maximum atomic E-state index is 12.6. The fourth-order valence-electron chi connectivity index (χ4n) is 3.04. The average molecular weight is 512 g/mol. The number of rotatable bonds is 6. The minimum Gasteiger partial charge on any atom is -0.312 e. The number of nitrogens with zero attached hydrogens (tertiary/aromatic N) is 3. The molecule has 2 heterocycles. The molecule has 166 valence electrons. The molecule has 2 N–H and O–H groups in total. The van der Waals surface area contributed by atoms with Gasteiger partial charge in [0.1, 0.15) is 0 Å². The maximum Gasteiger partial charge on any atom is 0.291 e. The summed E-state index contributed by atoms with van der Waals surface area (Å²) >= 11 is 12.5. The molecule has 0 saturated carbocycles. The Morgan fingerprint density at radius 3 is 2.50 bits per heavy atom. The van der Waals surface area contributed by atoms with Crippen molar-refractivity contribution in [1.82, 2.24) is 10.2 Å². The summed E-state index contributed by atoms with van der Waals surface area (Å²) in [6.45, 7) is 0.643. The number of nitrogens with one attached hydrogen (secondary N) is 2. The molecular formula is C19H15Cl2N5O4S2. The van der Waals surface area contributed by atoms with E-state index in [-0.39, 0.29) is 26.0 Å². The van der Waals surface area contributed by atoms with Crippen LogP contribution in [-0.2, 0) is 14.8 Å². The van der Waals surface area contributed by atoms with E-state index in [0.29, 0.717) is 40.7 Å². The molecule has 1 fully saturated rings. The molecule has 4 rings (SSSR count). The number of halogens is 2. The highest BCUT2D eigenvalue weighted by Gasteiger charge is 2.24. The van der Waals surface area contributed by atoms with Gasteiger partial charge in [0.25, 0.3) is 20.3 Å². The van der Waals surface area contributed by atoms with E-state index < -0.39 is 15.9 Å². The average Bonchev–Trinajstić information content (AvgIpc) is 3.38. The van der Waals surface area contributed by atoms with Crippen molar-refractivity contribution in [1.29, 1.82) is 0 Å². The smallest absolute Gasteiger partial charge is 0.291 e. The molecule has 3 aromatic rings. The number of sulfonamides is 1. The first-order chi connectivity index (χ1) is 15.2. The lowest BCUT2D eigenvalue weighted by molar-refractivity contribution is -0.117. The van der Waals surface area contributed by atoms with Gasteiger partial charge in [-0.2, -0.15) is 8.42 Å². The van der Waals surface area contributed by atoms with Crippen LogP contribution in [0.5, 0.6) is 0 Å². The predicted octanol–water partition coefficient (Wildman–Crippen LogP) is 4.02. The fraction of sp³-hybridized carbons (Fsp3) is 0.158. The molecule has 9 nitrogen and oxygen atoms in total. The summed E-state index contributed by atoms with van der Waals surface area (Å²) in [7, 11) is -4.03. The van der Waals surface area contributed by atoms with Crippen molar-refractivity contribution in [2.45, 2.75) is 17.2 Å². The first-order valence-corrected chi connectivity index (χ1v) is 12.3. The van der Waals surface area contributed by atoms with Crippen LogP contribution in [0.15, 0.2) is 46.8 Å². The van der Waals surface area contributed by atoms with E-state index in [4.69, 9.17) is 23.2 Å². The molecule has 0 spiro atoms. The second kappa shape index (κ2) is 9.02. The van der Waals surface area contributed by atoms with E-state index >= 15 is 0 Å². The molecule has 1 saturated heterocycles. The molecule has 32 heavy (non-hydrogen) atoms. The van der Waals surface area contributed by atoms with Gasteiger partial charge in [0, 0.05) is 29.4 Å². The zero-order chi connectivity index (χ0) is 22.9. The van der Waals surface area contributed by atoms with Gasteiger partial charge in [0.2, 0.25) is 11.0 Å². The zero-order valence-corrected chi connectivity index (χ0v) is 19.4. The topological polar surface area (TPSA) is 121 Å². The van der Waals surface area contributed by atoms with E-state index in [9.17, 15) is 18.0 Å². The molecule has 2 amide bonds. The molecule has 1 aliphatic heterocycles. The summed E-state index contributed by atoms with van der Waals surface area (Å²) in [6, 6.07) is 10.8. The first kappa shape index (κ1) is 22.5. The van der Waals surface area contributed by atoms with Gasteiger partial charge in [-0.3, -0.25) is 19.6 Å². The Bertz CT molecular complexity index is 1300. The highest BCUT2D eigenvalue weighted by Crippen LogP contribution is 2.27. The van der Waals surface area contributed by atoms with Crippen molar-refractivity contribution < 1.29 is 18.0 Å². The van der Waals surface area contributed by atoms with Gasteiger partial charge in [-0.1, -0.05) is 34.5 Å². The minimum absolute atomic E-state index is 0.00992. The summed E-state index contributed by atoms with van der Waals surface area (Å²) in [5.74, 6) is -0.534. The standard InChI is InChI=1S/C19H15Cl2N5O4S2/c20-11-3-8-14(15(21)10-11)17(28)22-18-23-24-19(31-18)32(29,30)25-12-4-6-13(7-5-12)26-9-1-2-16(26)27/h3-8,10,25H,1-2,9H2,(H,22,23,28). The van der Waals surface area contributed by atoms with E-state index in [1.165, 1.54) is 18.2 Å². The summed E-state index contributed by atoms with van der Waals surface area (Å²) in [5.41, 5.74) is 1.16. The van der Waals surface area contributed by atoms with Crippen molar-refractivity contribution in [3.8, 4) is 0 Å². The zero-order valence-electron chi connectivity index (χ0n) is 16.2. The molecular weight excluding hydrogens is 497 g/mol. The van der Waals surface area contributed by atoms with Crippen LogP contribution in [0.25, 0.3) is 0 Å². The number of carbonyl (C=O) groups is 2. The fourth-order valence-corrected chi connectivity index (χ4v) is 5.49. The van der Waals surface area contributed by atoms with Crippen molar-refractivity contribution in [2.24, 2.45) is 0 Å². The van der Waals surface area contributed by atoms with Crippen LogP contribution in [0.1, 0.15) is 23.2 Å². The highest BCUT2D eigenvalue weighted by atomic mass is 35.5. The Balaban J connectivity index is 1.44. The van der Waals surface area contributed by atoms with Crippen LogP contribution in [-0.4, -0.2) is 37.0 Å². The Labute approximate surface area is 197 Å². The van der Waals surface area contributed by atoms with Crippen molar-refractivity contribution in [3.05, 3.63) is 58.1 Å². The first-order valence-electron chi connectivity index (χ1n) is 9.26. The molecule has 1 aliphatic rings. The second-order valence-electron chi connectivity index (χ2n) is 6.75. The maximum absolute atomic E-state index is 12.6. The molecule has 13 heteroatoms. The predicted molar refractivity (Wildman–Crippen MR) is 123 cm³/mol. The number of benzene rings is 2. The third-order valence-electron chi connectivity index (χ3n) is 4.54. The summed E-state index contributed by atoms with van der Waals surface area (Å²) in [5, 5.41) is 10.3. The number of hydrogen-bond donors (Lipinski definition) is 2. The van der Waals surface area contributed by atoms with Gasteiger partial charge in [-0.25, -0.2) is 0 Å². The third kappa shape index (κ3) is 4.85. The van der Waals surface area contributed by atoms with Crippen LogP contribution in [0.2, 0.25) is 10.0 Å². The van der Waals surface area contributed by atoms with Gasteiger partial charge >= 0.3 is 0 Å². The van der Waals surface area contributed by atoms with Crippen LogP contribution in [0.4, 0.5) is 16.5 Å². The molecule has 2 aromatic carbocycles. The Morgan fingerprint density at radius 1 is 1.09 bits per heavy atom. The van der Waals surface area contributed by atoms with Crippen molar-refractivity contribution in [2.75, 3.05) is 21.5 Å². The SMILES string of the molecule is O=C(Nc1nnc(S(=O)(=O)Nc2ccc(N3CCCC3=O)cc2)s1)c1ccc(Cl)cc1Cl. The van der Waals surface area contributed by atoms with E-state index in [0.717, 1.165) is 6.42 Å². The normalized spacial score (nSPS) is 13.9. The number of carbonyl (C=O) groups excluding carboxylic acids is 2. The van der Waals surface area contributed by atoms with E-state index in [1.807, 2.05) is 0 Å². The van der Waals surface area contributed by atoms with Gasteiger partial charge in [-0.15, -0.1) is 10.2 Å². The lowest BCUT2D eigenvalue weighted by Gasteiger charge is -2.16. The van der Waals surface area contributed by atoms with Crippen LogP contribution < -0.4 is 14.9 Å². The van der Waals surface area contributed by atoms with Crippen LogP contribution in [0.3, 0.4) is 0 Å². The molecule has 0 bridgehead atoms.